The van der Waals surface area contributed by atoms with E-state index in [1.54, 1.807) is 14.2 Å². The van der Waals surface area contributed by atoms with Crippen LogP contribution < -0.4 is 14.8 Å². The van der Waals surface area contributed by atoms with Crippen LogP contribution in [0.25, 0.3) is 0 Å². The molecule has 2 aromatic rings. The smallest absolute Gasteiger partial charge is 0.251 e. The Bertz CT molecular complexity index is 695. The van der Waals surface area contributed by atoms with E-state index in [0.29, 0.717) is 12.3 Å². The quantitative estimate of drug-likeness (QED) is 0.890. The van der Waals surface area contributed by atoms with Crippen LogP contribution in [0.3, 0.4) is 0 Å². The Labute approximate surface area is 137 Å². The topological polar surface area (TPSA) is 47.6 Å². The van der Waals surface area contributed by atoms with Gasteiger partial charge in [-0.05, 0) is 55.2 Å². The summed E-state index contributed by atoms with van der Waals surface area (Å²) < 4.78 is 10.6. The van der Waals surface area contributed by atoms with Crippen molar-refractivity contribution in [3.05, 3.63) is 58.7 Å². The average molecular weight is 313 g/mol. The molecule has 1 N–H and O–H groups in total. The van der Waals surface area contributed by atoms with Gasteiger partial charge in [-0.25, -0.2) is 0 Å². The van der Waals surface area contributed by atoms with Crippen molar-refractivity contribution in [3.8, 4) is 11.5 Å². The van der Waals surface area contributed by atoms with Gasteiger partial charge in [0.05, 0.1) is 14.2 Å². The number of hydrogen-bond donors (Lipinski definition) is 1. The Kier molecular flexibility index (Phi) is 5.63. The highest BCUT2D eigenvalue weighted by Crippen LogP contribution is 2.30. The van der Waals surface area contributed by atoms with E-state index >= 15 is 0 Å². The predicted molar refractivity (Wildman–Crippen MR) is 91.5 cm³/mol. The van der Waals surface area contributed by atoms with Crippen LogP contribution in [0.1, 0.15) is 27.0 Å². The molecule has 0 aliphatic carbocycles. The van der Waals surface area contributed by atoms with Gasteiger partial charge in [-0.1, -0.05) is 18.2 Å². The van der Waals surface area contributed by atoms with E-state index < -0.39 is 0 Å². The lowest BCUT2D eigenvalue weighted by molar-refractivity contribution is 0.0953. The summed E-state index contributed by atoms with van der Waals surface area (Å²) in [6, 6.07) is 11.5. The zero-order chi connectivity index (χ0) is 16.8. The van der Waals surface area contributed by atoms with E-state index in [9.17, 15) is 4.79 Å². The summed E-state index contributed by atoms with van der Waals surface area (Å²) in [5, 5.41) is 2.97. The molecular weight excluding hydrogens is 290 g/mol. The third-order valence-corrected chi connectivity index (χ3v) is 3.91. The van der Waals surface area contributed by atoms with E-state index in [-0.39, 0.29) is 5.91 Å². The number of carbonyl (C=O) groups excluding carboxylic acids is 1. The van der Waals surface area contributed by atoms with Gasteiger partial charge < -0.3 is 14.8 Å². The van der Waals surface area contributed by atoms with Crippen LogP contribution in [0.4, 0.5) is 0 Å². The molecule has 0 atom stereocenters. The highest BCUT2D eigenvalue weighted by atomic mass is 16.5. The SMILES string of the molecule is COc1cc(C)c(CCNC(=O)c2ccccc2C)cc1OC. The molecule has 0 unspecified atom stereocenters. The standard InChI is InChI=1S/C19H23NO3/c1-13-7-5-6-8-16(13)19(21)20-10-9-15-12-18(23-4)17(22-3)11-14(15)2/h5-8,11-12H,9-10H2,1-4H3,(H,20,21). The summed E-state index contributed by atoms with van der Waals surface area (Å²) in [6.45, 7) is 4.54. The largest absolute Gasteiger partial charge is 0.493 e. The first-order valence-electron chi connectivity index (χ1n) is 7.62. The van der Waals surface area contributed by atoms with Crippen molar-refractivity contribution in [2.24, 2.45) is 0 Å². The molecule has 0 saturated carbocycles. The molecule has 1 amide bonds. The maximum absolute atomic E-state index is 12.2. The predicted octanol–water partition coefficient (Wildman–Crippen LogP) is 3.29. The third-order valence-electron chi connectivity index (χ3n) is 3.91. The number of aryl methyl sites for hydroxylation is 2. The number of ether oxygens (including phenoxy) is 2. The Morgan fingerprint density at radius 2 is 1.65 bits per heavy atom. The maximum atomic E-state index is 12.2. The summed E-state index contributed by atoms with van der Waals surface area (Å²) in [6.07, 6.45) is 0.740. The van der Waals surface area contributed by atoms with Gasteiger partial charge in [0.25, 0.3) is 5.91 Å². The average Bonchev–Trinajstić information content (AvgIpc) is 2.56. The van der Waals surface area contributed by atoms with Gasteiger partial charge in [-0.15, -0.1) is 0 Å². The van der Waals surface area contributed by atoms with Crippen LogP contribution in [0.15, 0.2) is 36.4 Å². The van der Waals surface area contributed by atoms with Crippen molar-refractivity contribution in [2.75, 3.05) is 20.8 Å². The number of hydrogen-bond acceptors (Lipinski definition) is 3. The van der Waals surface area contributed by atoms with Gasteiger partial charge >= 0.3 is 0 Å². The molecule has 23 heavy (non-hydrogen) atoms. The molecule has 2 rings (SSSR count). The van der Waals surface area contributed by atoms with Gasteiger partial charge in [-0.2, -0.15) is 0 Å². The zero-order valence-corrected chi connectivity index (χ0v) is 14.1. The number of rotatable bonds is 6. The zero-order valence-electron chi connectivity index (χ0n) is 14.1. The summed E-state index contributed by atoms with van der Waals surface area (Å²) in [5.41, 5.74) is 3.95. The van der Waals surface area contributed by atoms with Crippen LogP contribution >= 0.6 is 0 Å². The van der Waals surface area contributed by atoms with Gasteiger partial charge in [0.2, 0.25) is 0 Å². The van der Waals surface area contributed by atoms with Crippen molar-refractivity contribution in [1.29, 1.82) is 0 Å². The lowest BCUT2D eigenvalue weighted by Gasteiger charge is -2.13. The van der Waals surface area contributed by atoms with E-state index in [2.05, 4.69) is 5.32 Å². The van der Waals surface area contributed by atoms with Crippen molar-refractivity contribution >= 4 is 5.91 Å². The Morgan fingerprint density at radius 1 is 1.00 bits per heavy atom. The molecule has 0 aliphatic rings. The van der Waals surface area contributed by atoms with E-state index in [0.717, 1.165) is 34.4 Å². The summed E-state index contributed by atoms with van der Waals surface area (Å²) in [5.74, 6) is 1.39. The fourth-order valence-corrected chi connectivity index (χ4v) is 2.53. The Hall–Kier alpha value is -2.49. The third kappa shape index (κ3) is 4.03. The summed E-state index contributed by atoms with van der Waals surface area (Å²) >= 11 is 0. The van der Waals surface area contributed by atoms with E-state index in [1.807, 2.05) is 50.2 Å². The molecule has 4 nitrogen and oxygen atoms in total. The molecule has 0 saturated heterocycles. The van der Waals surface area contributed by atoms with Crippen molar-refractivity contribution in [1.82, 2.24) is 5.32 Å². The molecular formula is C19H23NO3. The first-order valence-corrected chi connectivity index (χ1v) is 7.62. The minimum Gasteiger partial charge on any atom is -0.493 e. The second-order valence-corrected chi connectivity index (χ2v) is 5.45. The molecule has 0 fully saturated rings. The fourth-order valence-electron chi connectivity index (χ4n) is 2.53. The molecule has 0 radical (unpaired) electrons. The van der Waals surface area contributed by atoms with Gasteiger partial charge in [0, 0.05) is 12.1 Å². The minimum absolute atomic E-state index is 0.0405. The Morgan fingerprint density at radius 3 is 2.30 bits per heavy atom. The van der Waals surface area contributed by atoms with Crippen LogP contribution in [0.5, 0.6) is 11.5 Å². The summed E-state index contributed by atoms with van der Waals surface area (Å²) in [7, 11) is 3.25. The molecule has 0 aromatic heterocycles. The van der Waals surface area contributed by atoms with Gasteiger partial charge in [-0.3, -0.25) is 4.79 Å². The van der Waals surface area contributed by atoms with Crippen LogP contribution in [0, 0.1) is 13.8 Å². The fraction of sp³-hybridized carbons (Fsp3) is 0.316. The highest BCUT2D eigenvalue weighted by molar-refractivity contribution is 5.95. The van der Waals surface area contributed by atoms with Gasteiger partial charge in [0.1, 0.15) is 0 Å². The molecule has 0 heterocycles. The van der Waals surface area contributed by atoms with Crippen molar-refractivity contribution in [2.45, 2.75) is 20.3 Å². The van der Waals surface area contributed by atoms with Crippen molar-refractivity contribution in [3.63, 3.8) is 0 Å². The minimum atomic E-state index is -0.0405. The van der Waals surface area contributed by atoms with Crippen molar-refractivity contribution < 1.29 is 14.3 Å². The number of amides is 1. The van der Waals surface area contributed by atoms with Crippen LogP contribution in [-0.4, -0.2) is 26.7 Å². The Balaban J connectivity index is 2.01. The van der Waals surface area contributed by atoms with E-state index in [1.165, 1.54) is 0 Å². The molecule has 0 bridgehead atoms. The summed E-state index contributed by atoms with van der Waals surface area (Å²) in [4.78, 5) is 12.2. The second kappa shape index (κ2) is 7.68. The van der Waals surface area contributed by atoms with Crippen LogP contribution in [0.2, 0.25) is 0 Å². The first-order chi connectivity index (χ1) is 11.1. The van der Waals surface area contributed by atoms with Gasteiger partial charge in [0.15, 0.2) is 11.5 Å². The van der Waals surface area contributed by atoms with Crippen LogP contribution in [-0.2, 0) is 6.42 Å². The normalized spacial score (nSPS) is 10.3. The lowest BCUT2D eigenvalue weighted by Crippen LogP contribution is -2.26. The molecule has 0 aliphatic heterocycles. The lowest BCUT2D eigenvalue weighted by atomic mass is 10.0. The molecule has 122 valence electrons. The first kappa shape index (κ1) is 16.9. The number of methoxy groups -OCH3 is 2. The molecule has 2 aromatic carbocycles. The number of nitrogens with one attached hydrogen (secondary N) is 1. The number of benzene rings is 2. The van der Waals surface area contributed by atoms with E-state index in [4.69, 9.17) is 9.47 Å². The maximum Gasteiger partial charge on any atom is 0.251 e. The molecule has 4 heteroatoms. The molecule has 0 spiro atoms. The number of carbonyl (C=O) groups is 1. The monoisotopic (exact) mass is 313 g/mol. The highest BCUT2D eigenvalue weighted by Gasteiger charge is 2.10. The second-order valence-electron chi connectivity index (χ2n) is 5.45.